The summed E-state index contributed by atoms with van der Waals surface area (Å²) in [7, 11) is 0. The van der Waals surface area contributed by atoms with Crippen LogP contribution in [0, 0.1) is 0 Å². The first-order chi connectivity index (χ1) is 5.39. The highest BCUT2D eigenvalue weighted by molar-refractivity contribution is 9.11. The summed E-state index contributed by atoms with van der Waals surface area (Å²) in [6, 6.07) is 3.68. The Hall–Kier alpha value is 0.0349. The van der Waals surface area contributed by atoms with Crippen LogP contribution >= 0.6 is 31.9 Å². The summed E-state index contributed by atoms with van der Waals surface area (Å²) < 4.78 is 37.4. The molecule has 0 fully saturated rings. The Kier molecular flexibility index (Phi) is 2.88. The Morgan fingerprint density at radius 3 is 1.67 bits per heavy atom. The van der Waals surface area contributed by atoms with Gasteiger partial charge in [-0.15, -0.1) is 5.46 Å². The summed E-state index contributed by atoms with van der Waals surface area (Å²) >= 11 is 5.97. The average molecular weight is 303 g/mol. The maximum absolute atomic E-state index is 12.2. The van der Waals surface area contributed by atoms with Crippen molar-refractivity contribution in [3.05, 3.63) is 27.1 Å². The lowest BCUT2D eigenvalue weighted by atomic mass is 9.80. The first-order valence-electron chi connectivity index (χ1n) is 3.05. The SMILES string of the molecule is F[B-](F)(F)c1cc(Br)cc(Br)c1. The molecule has 1 aromatic rings. The van der Waals surface area contributed by atoms with Crippen molar-refractivity contribution in [1.82, 2.24) is 0 Å². The van der Waals surface area contributed by atoms with Crippen molar-refractivity contribution in [2.75, 3.05) is 0 Å². The number of hydrogen-bond acceptors (Lipinski definition) is 0. The van der Waals surface area contributed by atoms with E-state index in [1.54, 1.807) is 6.07 Å². The quantitative estimate of drug-likeness (QED) is 0.699. The Balaban J connectivity index is 3.18. The molecule has 0 N–H and O–H groups in total. The molecule has 0 spiro atoms. The lowest BCUT2D eigenvalue weighted by molar-refractivity contribution is 0.501. The molecule has 6 heteroatoms. The van der Waals surface area contributed by atoms with Crippen LogP contribution in [0.5, 0.6) is 0 Å². The molecule has 0 aromatic heterocycles. The van der Waals surface area contributed by atoms with Crippen molar-refractivity contribution < 1.29 is 12.9 Å². The second-order valence-electron chi connectivity index (χ2n) is 2.28. The summed E-state index contributed by atoms with van der Waals surface area (Å²) in [6.45, 7) is -4.90. The molecule has 1 aromatic carbocycles. The molecule has 0 aliphatic heterocycles. The Morgan fingerprint density at radius 2 is 1.33 bits per heavy atom. The van der Waals surface area contributed by atoms with E-state index in [-0.39, 0.29) is 0 Å². The maximum Gasteiger partial charge on any atom is 0.509 e. The number of rotatable bonds is 1. The molecule has 0 amide bonds. The van der Waals surface area contributed by atoms with Gasteiger partial charge in [0, 0.05) is 8.95 Å². The highest BCUT2D eigenvalue weighted by Gasteiger charge is 2.25. The van der Waals surface area contributed by atoms with E-state index in [9.17, 15) is 12.9 Å². The normalized spacial score (nSPS) is 11.8. The molecule has 0 saturated carbocycles. The van der Waals surface area contributed by atoms with E-state index in [2.05, 4.69) is 31.9 Å². The third kappa shape index (κ3) is 2.52. The second-order valence-corrected chi connectivity index (χ2v) is 4.11. The minimum absolute atomic E-state index is 0.422. The summed E-state index contributed by atoms with van der Waals surface area (Å²) in [6.07, 6.45) is 0. The van der Waals surface area contributed by atoms with Crippen LogP contribution in [0.1, 0.15) is 0 Å². The fourth-order valence-electron chi connectivity index (χ4n) is 0.764. The summed E-state index contributed by atoms with van der Waals surface area (Å²) in [5, 5.41) is 0. The first kappa shape index (κ1) is 10.1. The molecule has 0 aliphatic rings. The van der Waals surface area contributed by atoms with Crippen LogP contribution in [-0.2, 0) is 0 Å². The molecule has 0 nitrogen and oxygen atoms in total. The smallest absolute Gasteiger partial charge is 0.445 e. The largest absolute Gasteiger partial charge is 0.509 e. The molecule has 0 atom stereocenters. The minimum Gasteiger partial charge on any atom is -0.445 e. The predicted octanol–water partition coefficient (Wildman–Crippen LogP) is 3.27. The Morgan fingerprint density at radius 1 is 0.917 bits per heavy atom. The zero-order valence-electron chi connectivity index (χ0n) is 5.70. The Bertz CT molecular complexity index is 277. The monoisotopic (exact) mass is 301 g/mol. The molecule has 12 heavy (non-hydrogen) atoms. The number of hydrogen-bond donors (Lipinski definition) is 0. The molecule has 1 rings (SSSR count). The summed E-state index contributed by atoms with van der Waals surface area (Å²) in [5.74, 6) is 0. The fourth-order valence-corrected chi connectivity index (χ4v) is 2.09. The zero-order valence-corrected chi connectivity index (χ0v) is 8.87. The van der Waals surface area contributed by atoms with Gasteiger partial charge in [0.15, 0.2) is 0 Å². The van der Waals surface area contributed by atoms with E-state index in [1.165, 1.54) is 0 Å². The number of benzene rings is 1. The van der Waals surface area contributed by atoms with Crippen molar-refractivity contribution in [2.24, 2.45) is 0 Å². The minimum atomic E-state index is -4.90. The van der Waals surface area contributed by atoms with Crippen molar-refractivity contribution in [2.45, 2.75) is 0 Å². The van der Waals surface area contributed by atoms with E-state index < -0.39 is 12.4 Å². The lowest BCUT2D eigenvalue weighted by Crippen LogP contribution is -2.33. The van der Waals surface area contributed by atoms with E-state index in [0.717, 1.165) is 12.1 Å². The standard InChI is InChI=1S/C6H3BBr2F3/c8-5-1-4(7(10,11)12)2-6(9)3-5/h1-3H/q-1. The fraction of sp³-hybridized carbons (Fsp3) is 0. The van der Waals surface area contributed by atoms with Crippen LogP contribution in [0.4, 0.5) is 12.9 Å². The molecule has 66 valence electrons. The first-order valence-corrected chi connectivity index (χ1v) is 4.64. The van der Waals surface area contributed by atoms with Crippen molar-refractivity contribution in [3.8, 4) is 0 Å². The van der Waals surface area contributed by atoms with Crippen molar-refractivity contribution in [3.63, 3.8) is 0 Å². The van der Waals surface area contributed by atoms with Crippen LogP contribution in [0.2, 0.25) is 0 Å². The second kappa shape index (κ2) is 3.42. The van der Waals surface area contributed by atoms with Gasteiger partial charge < -0.3 is 12.9 Å². The van der Waals surface area contributed by atoms with Gasteiger partial charge in [-0.25, -0.2) is 0 Å². The highest BCUT2D eigenvalue weighted by Crippen LogP contribution is 2.19. The zero-order chi connectivity index (χ0) is 9.35. The molecular weight excluding hydrogens is 300 g/mol. The van der Waals surface area contributed by atoms with Crippen LogP contribution in [-0.4, -0.2) is 6.98 Å². The van der Waals surface area contributed by atoms with Crippen LogP contribution in [0.3, 0.4) is 0 Å². The van der Waals surface area contributed by atoms with Gasteiger partial charge in [-0.1, -0.05) is 44.0 Å². The molecule has 0 radical (unpaired) electrons. The van der Waals surface area contributed by atoms with E-state index in [4.69, 9.17) is 0 Å². The summed E-state index contributed by atoms with van der Waals surface area (Å²) in [4.78, 5) is 0. The third-order valence-electron chi connectivity index (χ3n) is 1.26. The van der Waals surface area contributed by atoms with Gasteiger partial charge in [0.2, 0.25) is 0 Å². The Labute approximate surface area is 84.5 Å². The topological polar surface area (TPSA) is 0 Å². The van der Waals surface area contributed by atoms with Gasteiger partial charge in [-0.2, -0.15) is 0 Å². The molecule has 0 bridgehead atoms. The van der Waals surface area contributed by atoms with Gasteiger partial charge in [0.25, 0.3) is 0 Å². The van der Waals surface area contributed by atoms with Gasteiger partial charge >= 0.3 is 6.98 Å². The summed E-state index contributed by atoms with van der Waals surface area (Å²) in [5.41, 5.74) is -0.601. The van der Waals surface area contributed by atoms with Crippen molar-refractivity contribution >= 4 is 44.3 Å². The third-order valence-corrected chi connectivity index (χ3v) is 2.18. The lowest BCUT2D eigenvalue weighted by Gasteiger charge is -2.15. The molecule has 0 heterocycles. The van der Waals surface area contributed by atoms with E-state index in [0.29, 0.717) is 8.95 Å². The molecule has 0 unspecified atom stereocenters. The predicted molar refractivity (Wildman–Crippen MR) is 50.6 cm³/mol. The van der Waals surface area contributed by atoms with Crippen molar-refractivity contribution in [1.29, 1.82) is 0 Å². The van der Waals surface area contributed by atoms with E-state index >= 15 is 0 Å². The van der Waals surface area contributed by atoms with Crippen LogP contribution in [0.25, 0.3) is 0 Å². The van der Waals surface area contributed by atoms with E-state index in [1.807, 2.05) is 0 Å². The maximum atomic E-state index is 12.2. The van der Waals surface area contributed by atoms with Crippen LogP contribution < -0.4 is 5.46 Å². The highest BCUT2D eigenvalue weighted by atomic mass is 79.9. The molecule has 0 saturated heterocycles. The van der Waals surface area contributed by atoms with Crippen LogP contribution in [0.15, 0.2) is 27.1 Å². The van der Waals surface area contributed by atoms with Gasteiger partial charge in [-0.3, -0.25) is 0 Å². The average Bonchev–Trinajstić information content (AvgIpc) is 1.82. The molecule has 0 aliphatic carbocycles. The van der Waals surface area contributed by atoms with Gasteiger partial charge in [-0.05, 0) is 6.07 Å². The molecular formula is C6H3BBr2F3-. The van der Waals surface area contributed by atoms with Gasteiger partial charge in [0.1, 0.15) is 0 Å². The van der Waals surface area contributed by atoms with Gasteiger partial charge in [0.05, 0.1) is 0 Å². The number of halogens is 5.